The normalized spacial score (nSPS) is 11.0. The van der Waals surface area contributed by atoms with E-state index in [1.807, 2.05) is 44.2 Å². The zero-order chi connectivity index (χ0) is 22.0. The summed E-state index contributed by atoms with van der Waals surface area (Å²) in [7, 11) is 1.58. The Labute approximate surface area is 189 Å². The molecular weight excluding hydrogens is 428 g/mol. The van der Waals surface area contributed by atoms with E-state index in [-0.39, 0.29) is 11.7 Å². The van der Waals surface area contributed by atoms with Crippen LogP contribution in [0.2, 0.25) is 0 Å². The van der Waals surface area contributed by atoms with Gasteiger partial charge in [-0.3, -0.25) is 4.79 Å². The number of benzene rings is 2. The third-order valence-corrected chi connectivity index (χ3v) is 6.62. The minimum atomic E-state index is -0.140. The number of nitrogens with one attached hydrogen (secondary N) is 1. The van der Waals surface area contributed by atoms with E-state index in [2.05, 4.69) is 39.6 Å². The average Bonchev–Trinajstić information content (AvgIpc) is 3.14. The summed E-state index contributed by atoms with van der Waals surface area (Å²) in [6.07, 6.45) is 0. The highest BCUT2D eigenvalue weighted by molar-refractivity contribution is 8.00. The molecule has 2 heterocycles. The summed E-state index contributed by atoms with van der Waals surface area (Å²) in [5.41, 5.74) is 5.51. The lowest BCUT2D eigenvalue weighted by Crippen LogP contribution is -2.15. The molecule has 0 saturated heterocycles. The molecule has 6 nitrogen and oxygen atoms in total. The maximum absolute atomic E-state index is 12.6. The van der Waals surface area contributed by atoms with Crippen LogP contribution in [0.4, 0.5) is 5.69 Å². The highest BCUT2D eigenvalue weighted by Gasteiger charge is 2.17. The molecule has 0 radical (unpaired) electrons. The molecule has 0 unspecified atom stereocenters. The van der Waals surface area contributed by atoms with Crippen LogP contribution in [0.1, 0.15) is 16.1 Å². The van der Waals surface area contributed by atoms with Crippen molar-refractivity contribution in [2.75, 3.05) is 18.2 Å². The van der Waals surface area contributed by atoms with Crippen LogP contribution >= 0.6 is 23.1 Å². The molecule has 0 aliphatic heterocycles. The van der Waals surface area contributed by atoms with Crippen molar-refractivity contribution in [3.63, 3.8) is 0 Å². The van der Waals surface area contributed by atoms with Crippen molar-refractivity contribution in [1.29, 1.82) is 0 Å². The summed E-state index contributed by atoms with van der Waals surface area (Å²) < 4.78 is 6.32. The highest BCUT2D eigenvalue weighted by Crippen LogP contribution is 2.35. The maximum atomic E-state index is 12.6. The standard InChI is InChI=1S/C23H22N4O2S2/c1-13-5-8-16(9-6-13)20-22-21(24-15(3)31-22)23(27-26-20)30-12-19(28)25-17-11-14(2)7-10-18(17)29-4/h5-11H,12H2,1-4H3,(H,25,28). The smallest absolute Gasteiger partial charge is 0.234 e. The van der Waals surface area contributed by atoms with E-state index in [1.165, 1.54) is 17.3 Å². The van der Waals surface area contributed by atoms with Gasteiger partial charge >= 0.3 is 0 Å². The van der Waals surface area contributed by atoms with Gasteiger partial charge in [-0.1, -0.05) is 47.7 Å². The van der Waals surface area contributed by atoms with Crippen molar-refractivity contribution in [3.8, 4) is 17.0 Å². The van der Waals surface area contributed by atoms with Gasteiger partial charge in [-0.15, -0.1) is 21.5 Å². The minimum absolute atomic E-state index is 0.140. The van der Waals surface area contributed by atoms with Gasteiger partial charge in [-0.2, -0.15) is 0 Å². The van der Waals surface area contributed by atoms with Crippen molar-refractivity contribution in [3.05, 3.63) is 58.6 Å². The number of thiazole rings is 1. The van der Waals surface area contributed by atoms with E-state index >= 15 is 0 Å². The second kappa shape index (κ2) is 9.03. The van der Waals surface area contributed by atoms with Gasteiger partial charge < -0.3 is 10.1 Å². The van der Waals surface area contributed by atoms with Gasteiger partial charge in [0.05, 0.1) is 28.3 Å². The summed E-state index contributed by atoms with van der Waals surface area (Å²) in [5, 5.41) is 13.4. The highest BCUT2D eigenvalue weighted by atomic mass is 32.2. The summed E-state index contributed by atoms with van der Waals surface area (Å²) in [6, 6.07) is 13.9. The molecule has 158 valence electrons. The number of hydrogen-bond donors (Lipinski definition) is 1. The fourth-order valence-electron chi connectivity index (χ4n) is 3.16. The van der Waals surface area contributed by atoms with Gasteiger partial charge in [0.1, 0.15) is 22.0 Å². The van der Waals surface area contributed by atoms with Crippen LogP contribution in [0.3, 0.4) is 0 Å². The lowest BCUT2D eigenvalue weighted by molar-refractivity contribution is -0.113. The molecule has 0 spiro atoms. The van der Waals surface area contributed by atoms with Crippen LogP contribution in [0, 0.1) is 20.8 Å². The Hall–Kier alpha value is -2.97. The minimum Gasteiger partial charge on any atom is -0.495 e. The van der Waals surface area contributed by atoms with Crippen LogP contribution < -0.4 is 10.1 Å². The SMILES string of the molecule is COc1ccc(C)cc1NC(=O)CSc1nnc(-c2ccc(C)cc2)c2sc(C)nc12. The first-order valence-electron chi connectivity index (χ1n) is 9.72. The van der Waals surface area contributed by atoms with E-state index in [4.69, 9.17) is 4.74 Å². The van der Waals surface area contributed by atoms with Crippen molar-refractivity contribution in [1.82, 2.24) is 15.2 Å². The van der Waals surface area contributed by atoms with E-state index in [0.29, 0.717) is 16.5 Å². The van der Waals surface area contributed by atoms with Gasteiger partial charge in [0.25, 0.3) is 0 Å². The van der Waals surface area contributed by atoms with Crippen LogP contribution in [0.25, 0.3) is 21.5 Å². The zero-order valence-electron chi connectivity index (χ0n) is 17.7. The summed E-state index contributed by atoms with van der Waals surface area (Å²) in [4.78, 5) is 17.2. The number of nitrogens with zero attached hydrogens (tertiary/aromatic N) is 3. The Kier molecular flexibility index (Phi) is 6.20. The predicted molar refractivity (Wildman–Crippen MR) is 127 cm³/mol. The van der Waals surface area contributed by atoms with E-state index < -0.39 is 0 Å². The quantitative estimate of drug-likeness (QED) is 0.395. The summed E-state index contributed by atoms with van der Waals surface area (Å²) in [6.45, 7) is 5.99. The topological polar surface area (TPSA) is 77.0 Å². The Morgan fingerprint density at radius 1 is 1.06 bits per heavy atom. The Bertz CT molecular complexity index is 1250. The molecule has 31 heavy (non-hydrogen) atoms. The number of hydrogen-bond acceptors (Lipinski definition) is 7. The monoisotopic (exact) mass is 450 g/mol. The second-order valence-electron chi connectivity index (χ2n) is 7.17. The number of carbonyl (C=O) groups excluding carboxylic acids is 1. The molecule has 2 aromatic carbocycles. The fourth-order valence-corrected chi connectivity index (χ4v) is 4.87. The van der Waals surface area contributed by atoms with Crippen molar-refractivity contribution >= 4 is 44.9 Å². The molecule has 0 atom stereocenters. The van der Waals surface area contributed by atoms with Crippen molar-refractivity contribution in [2.24, 2.45) is 0 Å². The predicted octanol–water partition coefficient (Wildman–Crippen LogP) is 5.42. The van der Waals surface area contributed by atoms with Crippen LogP contribution in [0.5, 0.6) is 5.75 Å². The molecule has 0 aliphatic rings. The molecule has 2 aromatic heterocycles. The first-order chi connectivity index (χ1) is 14.9. The molecule has 0 bridgehead atoms. The number of amides is 1. The number of aryl methyl sites for hydroxylation is 3. The van der Waals surface area contributed by atoms with Gasteiger partial charge in [-0.05, 0) is 38.5 Å². The second-order valence-corrected chi connectivity index (χ2v) is 9.34. The first-order valence-corrected chi connectivity index (χ1v) is 11.5. The number of methoxy groups -OCH3 is 1. The maximum Gasteiger partial charge on any atom is 0.234 e. The number of thioether (sulfide) groups is 1. The largest absolute Gasteiger partial charge is 0.495 e. The number of carbonyl (C=O) groups is 1. The Morgan fingerprint density at radius 2 is 1.81 bits per heavy atom. The molecule has 1 N–H and O–H groups in total. The van der Waals surface area contributed by atoms with E-state index in [0.717, 1.165) is 32.0 Å². The molecule has 8 heteroatoms. The first kappa shape index (κ1) is 21.3. The number of anilines is 1. The van der Waals surface area contributed by atoms with Gasteiger partial charge in [0.2, 0.25) is 5.91 Å². The molecule has 0 fully saturated rings. The average molecular weight is 451 g/mol. The number of rotatable bonds is 6. The Balaban J connectivity index is 1.55. The molecule has 4 aromatic rings. The van der Waals surface area contributed by atoms with Crippen LogP contribution in [0.15, 0.2) is 47.5 Å². The lowest BCUT2D eigenvalue weighted by Gasteiger charge is -2.11. The van der Waals surface area contributed by atoms with Crippen molar-refractivity contribution in [2.45, 2.75) is 25.8 Å². The number of ether oxygens (including phenoxy) is 1. The van der Waals surface area contributed by atoms with E-state index in [9.17, 15) is 4.79 Å². The molecule has 0 saturated carbocycles. The van der Waals surface area contributed by atoms with Crippen LogP contribution in [-0.4, -0.2) is 34.0 Å². The van der Waals surface area contributed by atoms with Gasteiger partial charge in [-0.25, -0.2) is 4.98 Å². The third-order valence-electron chi connectivity index (χ3n) is 4.69. The van der Waals surface area contributed by atoms with E-state index in [1.54, 1.807) is 18.4 Å². The zero-order valence-corrected chi connectivity index (χ0v) is 19.4. The molecule has 1 amide bonds. The Morgan fingerprint density at radius 3 is 2.55 bits per heavy atom. The third kappa shape index (κ3) is 4.70. The van der Waals surface area contributed by atoms with Gasteiger partial charge in [0, 0.05) is 5.56 Å². The fraction of sp³-hybridized carbons (Fsp3) is 0.217. The molecule has 4 rings (SSSR count). The van der Waals surface area contributed by atoms with Crippen molar-refractivity contribution < 1.29 is 9.53 Å². The van der Waals surface area contributed by atoms with Crippen LogP contribution in [-0.2, 0) is 4.79 Å². The summed E-state index contributed by atoms with van der Waals surface area (Å²) >= 11 is 2.92. The number of aromatic nitrogens is 3. The lowest BCUT2D eigenvalue weighted by atomic mass is 10.1. The molecule has 0 aliphatic carbocycles. The van der Waals surface area contributed by atoms with Gasteiger partial charge in [0.15, 0.2) is 0 Å². The summed E-state index contributed by atoms with van der Waals surface area (Å²) in [5.74, 6) is 0.684. The molecular formula is C23H22N4O2S2. The number of fused-ring (bicyclic) bond motifs is 1.